The van der Waals surface area contributed by atoms with Crippen molar-refractivity contribution >= 4 is 11.2 Å². The van der Waals surface area contributed by atoms with Crippen molar-refractivity contribution in [2.45, 2.75) is 45.1 Å². The van der Waals surface area contributed by atoms with E-state index in [0.717, 1.165) is 37.2 Å². The van der Waals surface area contributed by atoms with Gasteiger partial charge in [0.15, 0.2) is 5.65 Å². The number of fused-ring (bicyclic) bond motifs is 1. The van der Waals surface area contributed by atoms with Gasteiger partial charge in [0.05, 0.1) is 0 Å². The summed E-state index contributed by atoms with van der Waals surface area (Å²) in [4.78, 5) is 9.41. The molecule has 0 amide bonds. The molecule has 1 N–H and O–H groups in total. The standard InChI is InChI=1S/C15H22N4/c1-3-10-19-13-12(6-4-9-17-13)18-14(19)15(2)7-5-8-16-11-15/h4,6,9,16H,3,5,7-8,10-11H2,1-2H3. The smallest absolute Gasteiger partial charge is 0.159 e. The summed E-state index contributed by atoms with van der Waals surface area (Å²) < 4.78 is 2.32. The highest BCUT2D eigenvalue weighted by molar-refractivity contribution is 5.71. The third kappa shape index (κ3) is 2.14. The second kappa shape index (κ2) is 4.93. The molecule has 0 bridgehead atoms. The topological polar surface area (TPSA) is 42.7 Å². The van der Waals surface area contributed by atoms with E-state index in [4.69, 9.17) is 4.98 Å². The second-order valence-corrected chi connectivity index (χ2v) is 5.77. The third-order valence-corrected chi connectivity index (χ3v) is 4.09. The van der Waals surface area contributed by atoms with Crippen molar-refractivity contribution in [1.82, 2.24) is 19.9 Å². The number of hydrogen-bond acceptors (Lipinski definition) is 3. The molecule has 0 saturated carbocycles. The molecular formula is C15H22N4. The highest BCUT2D eigenvalue weighted by Crippen LogP contribution is 2.32. The number of aromatic nitrogens is 3. The second-order valence-electron chi connectivity index (χ2n) is 5.77. The van der Waals surface area contributed by atoms with Crippen LogP contribution >= 0.6 is 0 Å². The van der Waals surface area contributed by atoms with E-state index in [1.54, 1.807) is 0 Å². The first-order valence-corrected chi connectivity index (χ1v) is 7.27. The lowest BCUT2D eigenvalue weighted by Gasteiger charge is -2.33. The Kier molecular flexibility index (Phi) is 3.27. The summed E-state index contributed by atoms with van der Waals surface area (Å²) >= 11 is 0. The molecular weight excluding hydrogens is 236 g/mol. The fraction of sp³-hybridized carbons (Fsp3) is 0.600. The summed E-state index contributed by atoms with van der Waals surface area (Å²) in [5, 5.41) is 3.51. The van der Waals surface area contributed by atoms with Gasteiger partial charge in [-0.05, 0) is 37.9 Å². The fourth-order valence-electron chi connectivity index (χ4n) is 3.10. The van der Waals surface area contributed by atoms with Crippen molar-refractivity contribution < 1.29 is 0 Å². The van der Waals surface area contributed by atoms with Gasteiger partial charge in [-0.1, -0.05) is 13.8 Å². The van der Waals surface area contributed by atoms with Crippen molar-refractivity contribution in [3.63, 3.8) is 0 Å². The number of imidazole rings is 1. The van der Waals surface area contributed by atoms with E-state index in [0.29, 0.717) is 0 Å². The van der Waals surface area contributed by atoms with Crippen molar-refractivity contribution in [3.8, 4) is 0 Å². The minimum Gasteiger partial charge on any atom is -0.316 e. The van der Waals surface area contributed by atoms with Crippen LogP contribution in [0, 0.1) is 0 Å². The van der Waals surface area contributed by atoms with Crippen molar-refractivity contribution in [2.24, 2.45) is 0 Å². The van der Waals surface area contributed by atoms with E-state index >= 15 is 0 Å². The molecule has 102 valence electrons. The van der Waals surface area contributed by atoms with Crippen LogP contribution in [0.4, 0.5) is 0 Å². The third-order valence-electron chi connectivity index (χ3n) is 4.09. The molecule has 1 fully saturated rings. The first kappa shape index (κ1) is 12.6. The quantitative estimate of drug-likeness (QED) is 0.919. The molecule has 4 heteroatoms. The van der Waals surface area contributed by atoms with Gasteiger partial charge in [0.1, 0.15) is 11.3 Å². The van der Waals surface area contributed by atoms with Crippen LogP contribution in [0.2, 0.25) is 0 Å². The lowest BCUT2D eigenvalue weighted by molar-refractivity contribution is 0.314. The lowest BCUT2D eigenvalue weighted by atomic mass is 9.82. The number of nitrogens with one attached hydrogen (secondary N) is 1. The van der Waals surface area contributed by atoms with Crippen molar-refractivity contribution in [3.05, 3.63) is 24.2 Å². The minimum absolute atomic E-state index is 0.133. The zero-order chi connectivity index (χ0) is 13.3. The number of pyridine rings is 1. The van der Waals surface area contributed by atoms with E-state index in [1.165, 1.54) is 18.7 Å². The average Bonchev–Trinajstić information content (AvgIpc) is 2.80. The number of nitrogens with zero attached hydrogens (tertiary/aromatic N) is 3. The summed E-state index contributed by atoms with van der Waals surface area (Å²) in [5.41, 5.74) is 2.19. The molecule has 0 spiro atoms. The predicted molar refractivity (Wildman–Crippen MR) is 77.3 cm³/mol. The molecule has 0 aliphatic carbocycles. The van der Waals surface area contributed by atoms with E-state index in [9.17, 15) is 0 Å². The average molecular weight is 258 g/mol. The van der Waals surface area contributed by atoms with Crippen LogP contribution < -0.4 is 5.32 Å². The molecule has 0 radical (unpaired) electrons. The molecule has 2 aromatic heterocycles. The predicted octanol–water partition coefficient (Wildman–Crippen LogP) is 2.48. The minimum atomic E-state index is 0.133. The molecule has 19 heavy (non-hydrogen) atoms. The molecule has 1 unspecified atom stereocenters. The Balaban J connectivity index is 2.13. The first-order chi connectivity index (χ1) is 9.24. The van der Waals surface area contributed by atoms with Gasteiger partial charge >= 0.3 is 0 Å². The van der Waals surface area contributed by atoms with Crippen molar-refractivity contribution in [1.29, 1.82) is 0 Å². The Morgan fingerprint density at radius 1 is 1.47 bits per heavy atom. The normalized spacial score (nSPS) is 23.9. The van der Waals surface area contributed by atoms with Crippen LogP contribution in [0.5, 0.6) is 0 Å². The maximum absolute atomic E-state index is 4.89. The van der Waals surface area contributed by atoms with Crippen LogP contribution in [0.3, 0.4) is 0 Å². The Bertz CT molecular complexity index is 567. The zero-order valence-electron chi connectivity index (χ0n) is 11.8. The van der Waals surface area contributed by atoms with Gasteiger partial charge in [-0.15, -0.1) is 0 Å². The highest BCUT2D eigenvalue weighted by atomic mass is 15.1. The van der Waals surface area contributed by atoms with E-state index in [1.807, 2.05) is 12.3 Å². The van der Waals surface area contributed by atoms with E-state index < -0.39 is 0 Å². The molecule has 1 aliphatic rings. The maximum atomic E-state index is 4.89. The number of rotatable bonds is 3. The van der Waals surface area contributed by atoms with Crippen molar-refractivity contribution in [2.75, 3.05) is 13.1 Å². The van der Waals surface area contributed by atoms with Crippen LogP contribution in [-0.4, -0.2) is 27.6 Å². The highest BCUT2D eigenvalue weighted by Gasteiger charge is 2.34. The van der Waals surface area contributed by atoms with Crippen LogP contribution in [0.15, 0.2) is 18.3 Å². The van der Waals surface area contributed by atoms with Crippen LogP contribution in [0.25, 0.3) is 11.2 Å². The number of aryl methyl sites for hydroxylation is 1. The van der Waals surface area contributed by atoms with Gasteiger partial charge in [-0.25, -0.2) is 9.97 Å². The monoisotopic (exact) mass is 258 g/mol. The van der Waals surface area contributed by atoms with E-state index in [2.05, 4.69) is 34.8 Å². The molecule has 1 aliphatic heterocycles. The molecule has 3 heterocycles. The maximum Gasteiger partial charge on any atom is 0.159 e. The lowest BCUT2D eigenvalue weighted by Crippen LogP contribution is -2.43. The van der Waals surface area contributed by atoms with Gasteiger partial charge < -0.3 is 9.88 Å². The van der Waals surface area contributed by atoms with Gasteiger partial charge in [-0.2, -0.15) is 0 Å². The molecule has 1 atom stereocenters. The van der Waals surface area contributed by atoms with Crippen LogP contribution in [-0.2, 0) is 12.0 Å². The Morgan fingerprint density at radius 2 is 2.37 bits per heavy atom. The molecule has 1 saturated heterocycles. The molecule has 3 rings (SSSR count). The fourth-order valence-corrected chi connectivity index (χ4v) is 3.10. The molecule has 4 nitrogen and oxygen atoms in total. The summed E-state index contributed by atoms with van der Waals surface area (Å²) in [6.45, 7) is 7.67. The Hall–Kier alpha value is -1.42. The summed E-state index contributed by atoms with van der Waals surface area (Å²) in [5.74, 6) is 1.20. The van der Waals surface area contributed by atoms with Crippen LogP contribution in [0.1, 0.15) is 38.9 Å². The summed E-state index contributed by atoms with van der Waals surface area (Å²) in [7, 11) is 0. The summed E-state index contributed by atoms with van der Waals surface area (Å²) in [6, 6.07) is 4.04. The number of hydrogen-bond donors (Lipinski definition) is 1. The Morgan fingerprint density at radius 3 is 3.11 bits per heavy atom. The summed E-state index contributed by atoms with van der Waals surface area (Å²) in [6.07, 6.45) is 5.40. The largest absolute Gasteiger partial charge is 0.316 e. The van der Waals surface area contributed by atoms with Gasteiger partial charge in [-0.3, -0.25) is 0 Å². The van der Waals surface area contributed by atoms with Gasteiger partial charge in [0, 0.05) is 24.7 Å². The Labute approximate surface area is 114 Å². The number of piperidine rings is 1. The van der Waals surface area contributed by atoms with Gasteiger partial charge in [0.25, 0.3) is 0 Å². The van der Waals surface area contributed by atoms with E-state index in [-0.39, 0.29) is 5.41 Å². The first-order valence-electron chi connectivity index (χ1n) is 7.27. The zero-order valence-corrected chi connectivity index (χ0v) is 11.8. The molecule has 0 aromatic carbocycles. The SMILES string of the molecule is CCCn1c(C2(C)CCCNC2)nc2cccnc21. The van der Waals surface area contributed by atoms with Gasteiger partial charge in [0.2, 0.25) is 0 Å². The molecule has 2 aromatic rings.